The van der Waals surface area contributed by atoms with Crippen molar-refractivity contribution in [1.29, 1.82) is 5.26 Å². The highest BCUT2D eigenvalue weighted by atomic mass is 35.5. The normalized spacial score (nSPS) is 22.5. The monoisotopic (exact) mass is 278 g/mol. The summed E-state index contributed by atoms with van der Waals surface area (Å²) in [5.74, 6) is -1.02. The lowest BCUT2D eigenvalue weighted by Crippen LogP contribution is -2.31. The van der Waals surface area contributed by atoms with Gasteiger partial charge in [0, 0.05) is 6.04 Å². The van der Waals surface area contributed by atoms with E-state index in [1.165, 1.54) is 0 Å². The summed E-state index contributed by atoms with van der Waals surface area (Å²) in [7, 11) is 0. The van der Waals surface area contributed by atoms with Crippen LogP contribution in [0, 0.1) is 17.2 Å². The molecule has 19 heavy (non-hydrogen) atoms. The number of carboxylic acid groups (broad SMARTS) is 1. The molecule has 100 valence electrons. The number of aliphatic carboxylic acids is 1. The van der Waals surface area contributed by atoms with Crippen molar-refractivity contribution in [2.45, 2.75) is 31.7 Å². The van der Waals surface area contributed by atoms with Crippen LogP contribution in [0.2, 0.25) is 5.02 Å². The Balaban J connectivity index is 2.08. The van der Waals surface area contributed by atoms with Gasteiger partial charge in [-0.1, -0.05) is 18.0 Å². The van der Waals surface area contributed by atoms with E-state index in [-0.39, 0.29) is 12.0 Å². The average Bonchev–Trinajstić information content (AvgIpc) is 2.41. The molecule has 0 radical (unpaired) electrons. The van der Waals surface area contributed by atoms with Crippen LogP contribution in [-0.4, -0.2) is 17.1 Å². The fraction of sp³-hybridized carbons (Fsp3) is 0.429. The van der Waals surface area contributed by atoms with Crippen molar-refractivity contribution in [3.8, 4) is 6.07 Å². The summed E-state index contributed by atoms with van der Waals surface area (Å²) in [5.41, 5.74) is 1.24. The maximum Gasteiger partial charge on any atom is 0.306 e. The van der Waals surface area contributed by atoms with Gasteiger partial charge in [0.25, 0.3) is 0 Å². The van der Waals surface area contributed by atoms with Crippen molar-refractivity contribution in [1.82, 2.24) is 0 Å². The van der Waals surface area contributed by atoms with E-state index in [1.807, 2.05) is 0 Å². The number of halogens is 1. The fourth-order valence-corrected chi connectivity index (χ4v) is 2.64. The quantitative estimate of drug-likeness (QED) is 0.890. The molecule has 2 unspecified atom stereocenters. The maximum atomic E-state index is 11.0. The van der Waals surface area contributed by atoms with Crippen molar-refractivity contribution < 1.29 is 9.90 Å². The van der Waals surface area contributed by atoms with E-state index in [0.29, 0.717) is 22.7 Å². The zero-order valence-electron chi connectivity index (χ0n) is 10.4. The average molecular weight is 279 g/mol. The molecule has 0 spiro atoms. The Morgan fingerprint density at radius 1 is 1.47 bits per heavy atom. The van der Waals surface area contributed by atoms with Crippen LogP contribution >= 0.6 is 11.6 Å². The highest BCUT2D eigenvalue weighted by Crippen LogP contribution is 2.30. The molecule has 0 bridgehead atoms. The van der Waals surface area contributed by atoms with Gasteiger partial charge in [0.15, 0.2) is 0 Å². The molecule has 0 aromatic heterocycles. The number of nitrogens with one attached hydrogen (secondary N) is 1. The second-order valence-electron chi connectivity index (χ2n) is 4.85. The minimum Gasteiger partial charge on any atom is -0.481 e. The molecule has 0 amide bonds. The van der Waals surface area contributed by atoms with E-state index in [2.05, 4.69) is 11.4 Å². The molecule has 1 saturated carbocycles. The molecule has 1 aliphatic rings. The molecule has 1 aromatic rings. The fourth-order valence-electron chi connectivity index (χ4n) is 2.47. The van der Waals surface area contributed by atoms with Crippen molar-refractivity contribution >= 4 is 23.3 Å². The van der Waals surface area contributed by atoms with E-state index in [1.54, 1.807) is 18.2 Å². The Bertz CT molecular complexity index is 525. The molecule has 1 fully saturated rings. The van der Waals surface area contributed by atoms with Gasteiger partial charge >= 0.3 is 5.97 Å². The second kappa shape index (κ2) is 5.94. The summed E-state index contributed by atoms with van der Waals surface area (Å²) in [5, 5.41) is 21.8. The topological polar surface area (TPSA) is 73.1 Å². The lowest BCUT2D eigenvalue weighted by atomic mass is 9.85. The summed E-state index contributed by atoms with van der Waals surface area (Å²) in [4.78, 5) is 11.0. The lowest BCUT2D eigenvalue weighted by Gasteiger charge is -2.28. The molecular formula is C14H15ClN2O2. The third-order valence-corrected chi connectivity index (χ3v) is 3.81. The minimum absolute atomic E-state index is 0.0984. The third kappa shape index (κ3) is 3.39. The van der Waals surface area contributed by atoms with E-state index in [4.69, 9.17) is 22.0 Å². The molecule has 4 nitrogen and oxygen atoms in total. The smallest absolute Gasteiger partial charge is 0.306 e. The van der Waals surface area contributed by atoms with Crippen LogP contribution in [0.1, 0.15) is 31.2 Å². The van der Waals surface area contributed by atoms with Crippen LogP contribution in [0.25, 0.3) is 0 Å². The van der Waals surface area contributed by atoms with Crippen LogP contribution in [-0.2, 0) is 4.79 Å². The molecule has 1 aliphatic carbocycles. The van der Waals surface area contributed by atoms with E-state index >= 15 is 0 Å². The molecule has 0 heterocycles. The van der Waals surface area contributed by atoms with Gasteiger partial charge in [-0.05, 0) is 37.5 Å². The van der Waals surface area contributed by atoms with Gasteiger partial charge in [-0.25, -0.2) is 0 Å². The molecule has 5 heteroatoms. The van der Waals surface area contributed by atoms with Crippen molar-refractivity contribution in [3.63, 3.8) is 0 Å². The summed E-state index contributed by atoms with van der Waals surface area (Å²) in [6, 6.07) is 7.21. The van der Waals surface area contributed by atoms with Gasteiger partial charge in [-0.15, -0.1) is 0 Å². The van der Waals surface area contributed by atoms with Crippen LogP contribution in [0.4, 0.5) is 5.69 Å². The summed E-state index contributed by atoms with van der Waals surface area (Å²) < 4.78 is 0. The summed E-state index contributed by atoms with van der Waals surface area (Å²) in [6.45, 7) is 0. The number of hydrogen-bond acceptors (Lipinski definition) is 3. The Morgan fingerprint density at radius 3 is 2.95 bits per heavy atom. The number of rotatable bonds is 3. The van der Waals surface area contributed by atoms with Gasteiger partial charge in [0.2, 0.25) is 0 Å². The van der Waals surface area contributed by atoms with E-state index < -0.39 is 5.97 Å². The Kier molecular flexibility index (Phi) is 4.28. The lowest BCUT2D eigenvalue weighted by molar-refractivity contribution is -0.142. The largest absolute Gasteiger partial charge is 0.481 e. The predicted octanol–water partition coefficient (Wildman–Crippen LogP) is 3.27. The van der Waals surface area contributed by atoms with Crippen molar-refractivity contribution in [2.24, 2.45) is 5.92 Å². The number of carboxylic acids is 1. The SMILES string of the molecule is N#Cc1ccc(Cl)c(NC2CCCC(C(=O)O)C2)c1. The predicted molar refractivity (Wildman–Crippen MR) is 73.2 cm³/mol. The standard InChI is InChI=1S/C14H15ClN2O2/c15-12-5-4-9(8-16)6-13(12)17-11-3-1-2-10(7-11)14(18)19/h4-6,10-11,17H,1-3,7H2,(H,18,19). The van der Waals surface area contributed by atoms with E-state index in [0.717, 1.165) is 19.3 Å². The number of benzene rings is 1. The minimum atomic E-state index is -0.733. The van der Waals surface area contributed by atoms with Crippen LogP contribution in [0.5, 0.6) is 0 Å². The zero-order valence-corrected chi connectivity index (χ0v) is 11.2. The molecular weight excluding hydrogens is 264 g/mol. The molecule has 2 N–H and O–H groups in total. The molecule has 1 aromatic carbocycles. The first-order valence-corrected chi connectivity index (χ1v) is 6.67. The maximum absolute atomic E-state index is 11.0. The highest BCUT2D eigenvalue weighted by molar-refractivity contribution is 6.33. The number of anilines is 1. The Hall–Kier alpha value is -1.73. The van der Waals surface area contributed by atoms with Crippen molar-refractivity contribution in [3.05, 3.63) is 28.8 Å². The Labute approximate surface area is 117 Å². The first kappa shape index (κ1) is 13.7. The van der Waals surface area contributed by atoms with Crippen LogP contribution in [0.3, 0.4) is 0 Å². The highest BCUT2D eigenvalue weighted by Gasteiger charge is 2.27. The third-order valence-electron chi connectivity index (χ3n) is 3.48. The van der Waals surface area contributed by atoms with Gasteiger partial charge in [0.1, 0.15) is 0 Å². The first-order chi connectivity index (χ1) is 9.10. The molecule has 0 aliphatic heterocycles. The van der Waals surface area contributed by atoms with Gasteiger partial charge in [0.05, 0.1) is 28.3 Å². The van der Waals surface area contributed by atoms with Gasteiger partial charge in [-0.3, -0.25) is 4.79 Å². The second-order valence-corrected chi connectivity index (χ2v) is 5.26. The Morgan fingerprint density at radius 2 is 2.26 bits per heavy atom. The van der Waals surface area contributed by atoms with Gasteiger partial charge in [-0.2, -0.15) is 5.26 Å². The van der Waals surface area contributed by atoms with Crippen LogP contribution < -0.4 is 5.32 Å². The first-order valence-electron chi connectivity index (χ1n) is 6.29. The summed E-state index contributed by atoms with van der Waals surface area (Å²) >= 11 is 6.08. The number of hydrogen-bond donors (Lipinski definition) is 2. The van der Waals surface area contributed by atoms with Crippen LogP contribution in [0.15, 0.2) is 18.2 Å². The molecule has 2 atom stereocenters. The number of carbonyl (C=O) groups is 1. The van der Waals surface area contributed by atoms with Crippen molar-refractivity contribution in [2.75, 3.05) is 5.32 Å². The number of nitriles is 1. The van der Waals surface area contributed by atoms with E-state index in [9.17, 15) is 4.79 Å². The zero-order chi connectivity index (χ0) is 13.8. The number of nitrogens with zero attached hydrogens (tertiary/aromatic N) is 1. The van der Waals surface area contributed by atoms with Gasteiger partial charge < -0.3 is 10.4 Å². The molecule has 0 saturated heterocycles. The summed E-state index contributed by atoms with van der Waals surface area (Å²) in [6.07, 6.45) is 3.16. The molecule has 2 rings (SSSR count).